The Hall–Kier alpha value is -0.920. The second-order valence-corrected chi connectivity index (χ2v) is 4.66. The molecule has 7 heteroatoms. The summed E-state index contributed by atoms with van der Waals surface area (Å²) >= 11 is 3.36. The van der Waals surface area contributed by atoms with Crippen molar-refractivity contribution in [1.82, 2.24) is 9.97 Å². The van der Waals surface area contributed by atoms with Crippen molar-refractivity contribution in [1.29, 1.82) is 0 Å². The summed E-state index contributed by atoms with van der Waals surface area (Å²) in [4.78, 5) is 8.45. The predicted octanol–water partition coefficient (Wildman–Crippen LogP) is 1.48. The molecule has 0 bridgehead atoms. The van der Waals surface area contributed by atoms with Crippen molar-refractivity contribution in [2.24, 2.45) is 0 Å². The molecule has 1 aromatic heterocycles. The number of nitrogens with zero attached hydrogens (tertiary/aromatic N) is 2. The van der Waals surface area contributed by atoms with Crippen LogP contribution >= 0.6 is 15.9 Å². The monoisotopic (exact) mass is 318 g/mol. The second-order valence-electron chi connectivity index (χ2n) is 3.81. The fourth-order valence-electron chi connectivity index (χ4n) is 1.28. The van der Waals surface area contributed by atoms with Gasteiger partial charge in [0.1, 0.15) is 5.82 Å². The minimum atomic E-state index is -0.566. The first-order chi connectivity index (χ1) is 8.67. The second kappa shape index (κ2) is 8.23. The molecule has 1 unspecified atom stereocenters. The molecule has 0 saturated heterocycles. The number of rotatable bonds is 8. The van der Waals surface area contributed by atoms with Crippen LogP contribution in [0.2, 0.25) is 0 Å². The molecular formula is C11H19BrN4O2. The van der Waals surface area contributed by atoms with Crippen LogP contribution in [0.1, 0.15) is 13.3 Å². The number of halogens is 1. The van der Waals surface area contributed by atoms with Crippen molar-refractivity contribution < 1.29 is 9.84 Å². The summed E-state index contributed by atoms with van der Waals surface area (Å²) in [6.45, 7) is 3.56. The zero-order valence-electron chi connectivity index (χ0n) is 10.6. The van der Waals surface area contributed by atoms with Gasteiger partial charge in [-0.2, -0.15) is 4.98 Å². The minimum absolute atomic E-state index is 0.288. The van der Waals surface area contributed by atoms with Crippen molar-refractivity contribution in [3.05, 3.63) is 10.7 Å². The number of hydrogen-bond donors (Lipinski definition) is 3. The van der Waals surface area contributed by atoms with Crippen LogP contribution in [0.25, 0.3) is 0 Å². The Morgan fingerprint density at radius 2 is 2.28 bits per heavy atom. The predicted molar refractivity (Wildman–Crippen MR) is 74.9 cm³/mol. The fourth-order valence-corrected chi connectivity index (χ4v) is 1.61. The van der Waals surface area contributed by atoms with E-state index in [1.54, 1.807) is 13.3 Å². The maximum Gasteiger partial charge on any atom is 0.224 e. The van der Waals surface area contributed by atoms with E-state index in [9.17, 15) is 5.11 Å². The smallest absolute Gasteiger partial charge is 0.224 e. The average molecular weight is 319 g/mol. The fraction of sp³-hybridized carbons (Fsp3) is 0.636. The van der Waals surface area contributed by atoms with Crippen LogP contribution in [0.15, 0.2) is 10.7 Å². The molecule has 1 heterocycles. The van der Waals surface area contributed by atoms with Crippen LogP contribution in [-0.2, 0) is 4.74 Å². The van der Waals surface area contributed by atoms with Gasteiger partial charge in [0, 0.05) is 26.4 Å². The molecule has 1 rings (SSSR count). The lowest BCUT2D eigenvalue weighted by Crippen LogP contribution is -2.24. The van der Waals surface area contributed by atoms with Crippen LogP contribution in [0.5, 0.6) is 0 Å². The standard InChI is InChI=1S/C11H19BrN4O2/c1-3-4-13-11-15-6-9(12)10(16-11)14-5-8(17)7-18-2/h6,8,17H,3-5,7H2,1-2H3,(H2,13,14,15,16). The quantitative estimate of drug-likeness (QED) is 0.674. The lowest BCUT2D eigenvalue weighted by molar-refractivity contribution is 0.0727. The van der Waals surface area contributed by atoms with E-state index in [2.05, 4.69) is 43.5 Å². The molecule has 0 radical (unpaired) electrons. The molecule has 18 heavy (non-hydrogen) atoms. The number of aliphatic hydroxyl groups excluding tert-OH is 1. The zero-order valence-corrected chi connectivity index (χ0v) is 12.2. The molecule has 0 spiro atoms. The molecule has 1 aromatic rings. The summed E-state index contributed by atoms with van der Waals surface area (Å²) in [5.74, 6) is 1.22. The van der Waals surface area contributed by atoms with Crippen LogP contribution in [0, 0.1) is 0 Å². The molecule has 6 nitrogen and oxygen atoms in total. The summed E-state index contributed by atoms with van der Waals surface area (Å²) in [6, 6.07) is 0. The van der Waals surface area contributed by atoms with Crippen molar-refractivity contribution in [3.8, 4) is 0 Å². The van der Waals surface area contributed by atoms with Crippen molar-refractivity contribution in [2.75, 3.05) is 37.4 Å². The van der Waals surface area contributed by atoms with Gasteiger partial charge >= 0.3 is 0 Å². The molecule has 0 fully saturated rings. The molecule has 0 aromatic carbocycles. The first-order valence-corrected chi connectivity index (χ1v) is 6.64. The van der Waals surface area contributed by atoms with E-state index in [1.165, 1.54) is 0 Å². The zero-order chi connectivity index (χ0) is 13.4. The van der Waals surface area contributed by atoms with Crippen LogP contribution < -0.4 is 10.6 Å². The molecule has 102 valence electrons. The van der Waals surface area contributed by atoms with E-state index in [0.29, 0.717) is 18.3 Å². The lowest BCUT2D eigenvalue weighted by Gasteiger charge is -2.13. The highest BCUT2D eigenvalue weighted by Gasteiger charge is 2.07. The molecular weight excluding hydrogens is 300 g/mol. The number of ether oxygens (including phenoxy) is 1. The van der Waals surface area contributed by atoms with Gasteiger partial charge in [-0.25, -0.2) is 4.98 Å². The minimum Gasteiger partial charge on any atom is -0.389 e. The highest BCUT2D eigenvalue weighted by atomic mass is 79.9. The molecule has 0 aliphatic rings. The molecule has 1 atom stereocenters. The van der Waals surface area contributed by atoms with Gasteiger partial charge in [-0.1, -0.05) is 6.92 Å². The highest BCUT2D eigenvalue weighted by Crippen LogP contribution is 2.19. The Balaban J connectivity index is 2.57. The number of anilines is 2. The molecule has 0 amide bonds. The van der Waals surface area contributed by atoms with E-state index in [4.69, 9.17) is 4.74 Å². The van der Waals surface area contributed by atoms with Gasteiger partial charge in [0.25, 0.3) is 0 Å². The third-order valence-electron chi connectivity index (χ3n) is 2.14. The summed E-state index contributed by atoms with van der Waals surface area (Å²) in [7, 11) is 1.55. The van der Waals surface area contributed by atoms with Gasteiger partial charge in [0.15, 0.2) is 0 Å². The largest absolute Gasteiger partial charge is 0.389 e. The summed E-state index contributed by atoms with van der Waals surface area (Å²) in [5, 5.41) is 15.7. The summed E-state index contributed by atoms with van der Waals surface area (Å²) in [6.07, 6.45) is 2.12. The maximum absolute atomic E-state index is 9.55. The molecule has 0 aliphatic heterocycles. The van der Waals surface area contributed by atoms with Crippen LogP contribution in [-0.4, -0.2) is 48.0 Å². The topological polar surface area (TPSA) is 79.3 Å². The molecule has 0 saturated carbocycles. The average Bonchev–Trinajstić information content (AvgIpc) is 2.36. The summed E-state index contributed by atoms with van der Waals surface area (Å²) < 4.78 is 5.61. The number of aromatic nitrogens is 2. The number of hydrogen-bond acceptors (Lipinski definition) is 6. The highest BCUT2D eigenvalue weighted by molar-refractivity contribution is 9.10. The van der Waals surface area contributed by atoms with E-state index in [1.807, 2.05) is 0 Å². The lowest BCUT2D eigenvalue weighted by atomic mass is 10.4. The Bertz CT molecular complexity index is 365. The Labute approximate surface area is 115 Å². The molecule has 3 N–H and O–H groups in total. The first kappa shape index (κ1) is 15.1. The SMILES string of the molecule is CCCNc1ncc(Br)c(NCC(O)COC)n1. The van der Waals surface area contributed by atoms with E-state index in [0.717, 1.165) is 17.4 Å². The number of aliphatic hydroxyl groups is 1. The van der Waals surface area contributed by atoms with Gasteiger partial charge in [0.05, 0.1) is 17.2 Å². The van der Waals surface area contributed by atoms with Crippen molar-refractivity contribution >= 4 is 27.7 Å². The summed E-state index contributed by atoms with van der Waals surface area (Å²) in [5.41, 5.74) is 0. The van der Waals surface area contributed by atoms with Gasteiger partial charge in [0.2, 0.25) is 5.95 Å². The number of nitrogens with one attached hydrogen (secondary N) is 2. The van der Waals surface area contributed by atoms with Gasteiger partial charge in [-0.3, -0.25) is 0 Å². The van der Waals surface area contributed by atoms with Crippen LogP contribution in [0.4, 0.5) is 11.8 Å². The molecule has 0 aliphatic carbocycles. The maximum atomic E-state index is 9.55. The van der Waals surface area contributed by atoms with Crippen LogP contribution in [0.3, 0.4) is 0 Å². The normalized spacial score (nSPS) is 12.2. The number of methoxy groups -OCH3 is 1. The Morgan fingerprint density at radius 3 is 2.94 bits per heavy atom. The van der Waals surface area contributed by atoms with Gasteiger partial charge in [-0.15, -0.1) is 0 Å². The van der Waals surface area contributed by atoms with E-state index >= 15 is 0 Å². The van der Waals surface area contributed by atoms with Gasteiger partial charge in [-0.05, 0) is 22.4 Å². The Kier molecular flexibility index (Phi) is 6.92. The van der Waals surface area contributed by atoms with Crippen molar-refractivity contribution in [3.63, 3.8) is 0 Å². The van der Waals surface area contributed by atoms with E-state index in [-0.39, 0.29) is 6.61 Å². The third-order valence-corrected chi connectivity index (χ3v) is 2.72. The van der Waals surface area contributed by atoms with Gasteiger partial charge < -0.3 is 20.5 Å². The Morgan fingerprint density at radius 1 is 1.50 bits per heavy atom. The van der Waals surface area contributed by atoms with E-state index < -0.39 is 6.10 Å². The third kappa shape index (κ3) is 5.16. The first-order valence-electron chi connectivity index (χ1n) is 5.84. The van der Waals surface area contributed by atoms with Crippen molar-refractivity contribution in [2.45, 2.75) is 19.4 Å².